The summed E-state index contributed by atoms with van der Waals surface area (Å²) in [5, 5.41) is 10.4. The number of carboxylic acid groups (broad SMARTS) is 1. The molecular weight excluding hydrogens is 154 g/mol. The van der Waals surface area contributed by atoms with Crippen LogP contribution in [0.15, 0.2) is 12.2 Å². The highest BCUT2D eigenvalue weighted by Gasteiger charge is 2.17. The van der Waals surface area contributed by atoms with E-state index in [4.69, 9.17) is 0 Å². The number of rotatable bonds is 5. The van der Waals surface area contributed by atoms with Crippen molar-refractivity contribution in [2.45, 2.75) is 13.8 Å². The summed E-state index contributed by atoms with van der Waals surface area (Å²) in [4.78, 5) is 10.4. The lowest BCUT2D eigenvalue weighted by molar-refractivity contribution is -0.901. The van der Waals surface area contributed by atoms with Crippen LogP contribution in [0.1, 0.15) is 13.8 Å². The van der Waals surface area contributed by atoms with Crippen LogP contribution >= 0.6 is 0 Å². The highest BCUT2D eigenvalue weighted by molar-refractivity contribution is 5.84. The Balaban J connectivity index is 4.21. The van der Waals surface area contributed by atoms with Gasteiger partial charge in [0.1, 0.15) is 6.54 Å². The van der Waals surface area contributed by atoms with Gasteiger partial charge in [-0.3, -0.25) is 0 Å². The van der Waals surface area contributed by atoms with Crippen molar-refractivity contribution in [1.82, 2.24) is 0 Å². The Bertz CT molecular complexity index is 183. The minimum absolute atomic E-state index is 0.182. The Morgan fingerprint density at radius 1 is 1.42 bits per heavy atom. The molecule has 0 saturated carbocycles. The molecular formula is C9H17NO2. The first-order valence-electron chi connectivity index (χ1n) is 4.18. The number of hydrogen-bond acceptors (Lipinski definition) is 2. The van der Waals surface area contributed by atoms with E-state index in [0.717, 1.165) is 13.1 Å². The van der Waals surface area contributed by atoms with Crippen molar-refractivity contribution in [2.24, 2.45) is 0 Å². The lowest BCUT2D eigenvalue weighted by Crippen LogP contribution is -2.47. The Labute approximate surface area is 73.9 Å². The summed E-state index contributed by atoms with van der Waals surface area (Å²) in [5.41, 5.74) is 0.182. The normalized spacial score (nSPS) is 11.2. The molecule has 0 aliphatic carbocycles. The zero-order valence-electron chi connectivity index (χ0n) is 8.09. The molecule has 0 aromatic rings. The van der Waals surface area contributed by atoms with Crippen molar-refractivity contribution in [3.63, 3.8) is 0 Å². The second-order valence-corrected chi connectivity index (χ2v) is 3.30. The molecule has 0 aliphatic rings. The van der Waals surface area contributed by atoms with Gasteiger partial charge in [0.05, 0.1) is 26.1 Å². The summed E-state index contributed by atoms with van der Waals surface area (Å²) >= 11 is 0. The lowest BCUT2D eigenvalue weighted by Gasteiger charge is -2.32. The number of nitrogens with zero attached hydrogens (tertiary/aromatic N) is 1. The first-order chi connectivity index (χ1) is 5.45. The molecule has 0 aliphatic heterocycles. The quantitative estimate of drug-likeness (QED) is 0.424. The maximum absolute atomic E-state index is 10.4. The average Bonchev–Trinajstić information content (AvgIpc) is 2.04. The zero-order chi connectivity index (χ0) is 9.78. The lowest BCUT2D eigenvalue weighted by atomic mass is 10.2. The number of quaternary nitrogens is 1. The molecule has 0 saturated heterocycles. The van der Waals surface area contributed by atoms with E-state index in [1.807, 2.05) is 20.9 Å². The molecule has 0 bridgehead atoms. The predicted molar refractivity (Wildman–Crippen MR) is 46.3 cm³/mol. The molecule has 0 unspecified atom stereocenters. The monoisotopic (exact) mass is 171 g/mol. The van der Waals surface area contributed by atoms with Gasteiger partial charge in [-0.15, -0.1) is 0 Å². The van der Waals surface area contributed by atoms with E-state index in [9.17, 15) is 9.90 Å². The molecule has 0 fully saturated rings. The van der Waals surface area contributed by atoms with Crippen LogP contribution in [0.25, 0.3) is 0 Å². The third kappa shape index (κ3) is 3.05. The Hall–Kier alpha value is -0.830. The van der Waals surface area contributed by atoms with Gasteiger partial charge in [0.25, 0.3) is 0 Å². The van der Waals surface area contributed by atoms with Gasteiger partial charge in [0.2, 0.25) is 0 Å². The molecule has 0 spiro atoms. The van der Waals surface area contributed by atoms with Gasteiger partial charge in [-0.2, -0.15) is 0 Å². The van der Waals surface area contributed by atoms with Gasteiger partial charge in [0, 0.05) is 5.57 Å². The fourth-order valence-electron chi connectivity index (χ4n) is 0.973. The van der Waals surface area contributed by atoms with Gasteiger partial charge in [-0.1, -0.05) is 6.58 Å². The minimum atomic E-state index is -1.14. The van der Waals surface area contributed by atoms with Gasteiger partial charge >= 0.3 is 0 Å². The number of aliphatic carboxylic acids is 1. The van der Waals surface area contributed by atoms with E-state index in [0.29, 0.717) is 11.0 Å². The summed E-state index contributed by atoms with van der Waals surface area (Å²) in [6, 6.07) is 0. The van der Waals surface area contributed by atoms with Crippen LogP contribution in [-0.2, 0) is 4.79 Å². The van der Waals surface area contributed by atoms with Gasteiger partial charge in [-0.05, 0) is 13.8 Å². The molecule has 0 amide bonds. The molecule has 0 N–H and O–H groups in total. The van der Waals surface area contributed by atoms with E-state index in [1.165, 1.54) is 0 Å². The third-order valence-corrected chi connectivity index (χ3v) is 2.39. The molecule has 3 nitrogen and oxygen atoms in total. The van der Waals surface area contributed by atoms with E-state index in [1.54, 1.807) is 0 Å². The Morgan fingerprint density at radius 3 is 2.08 bits per heavy atom. The molecule has 0 aromatic carbocycles. The van der Waals surface area contributed by atoms with Crippen LogP contribution in [-0.4, -0.2) is 37.1 Å². The molecule has 0 atom stereocenters. The van der Waals surface area contributed by atoms with Crippen LogP contribution < -0.4 is 5.11 Å². The van der Waals surface area contributed by atoms with Crippen LogP contribution in [0.4, 0.5) is 0 Å². The number of hydrogen-bond donors (Lipinski definition) is 0. The smallest absolute Gasteiger partial charge is 0.105 e. The molecule has 3 heteroatoms. The van der Waals surface area contributed by atoms with Crippen LogP contribution in [0.5, 0.6) is 0 Å². The standard InChI is InChI=1S/C9H17NO2/c1-5-10(4,6-2)7-8(3)9(11)12/h3,5-7H2,1-2,4H3. The van der Waals surface area contributed by atoms with Crippen molar-refractivity contribution in [1.29, 1.82) is 0 Å². The molecule has 70 valence electrons. The molecule has 0 heterocycles. The van der Waals surface area contributed by atoms with Crippen molar-refractivity contribution in [3.8, 4) is 0 Å². The second-order valence-electron chi connectivity index (χ2n) is 3.30. The highest BCUT2D eigenvalue weighted by atomic mass is 16.4. The van der Waals surface area contributed by atoms with E-state index in [-0.39, 0.29) is 5.57 Å². The molecule has 0 rings (SSSR count). The van der Waals surface area contributed by atoms with Crippen molar-refractivity contribution in [3.05, 3.63) is 12.2 Å². The summed E-state index contributed by atoms with van der Waals surface area (Å²) in [5.74, 6) is -1.14. The van der Waals surface area contributed by atoms with E-state index in [2.05, 4.69) is 6.58 Å². The van der Waals surface area contributed by atoms with Crippen molar-refractivity contribution < 1.29 is 14.4 Å². The van der Waals surface area contributed by atoms with Crippen LogP contribution in [0, 0.1) is 0 Å². The minimum Gasteiger partial charge on any atom is -0.545 e. The maximum atomic E-state index is 10.4. The Morgan fingerprint density at radius 2 is 1.83 bits per heavy atom. The van der Waals surface area contributed by atoms with E-state index >= 15 is 0 Å². The number of carboxylic acids is 1. The molecule has 12 heavy (non-hydrogen) atoms. The average molecular weight is 171 g/mol. The third-order valence-electron chi connectivity index (χ3n) is 2.39. The molecule has 0 radical (unpaired) electrons. The Kier molecular flexibility index (Phi) is 3.96. The molecule has 0 aromatic heterocycles. The fraction of sp³-hybridized carbons (Fsp3) is 0.667. The zero-order valence-corrected chi connectivity index (χ0v) is 8.09. The first kappa shape index (κ1) is 11.2. The van der Waals surface area contributed by atoms with Crippen molar-refractivity contribution in [2.75, 3.05) is 26.7 Å². The van der Waals surface area contributed by atoms with Crippen molar-refractivity contribution >= 4 is 5.97 Å². The van der Waals surface area contributed by atoms with E-state index < -0.39 is 5.97 Å². The number of carbonyl (C=O) groups excluding carboxylic acids is 1. The fourth-order valence-corrected chi connectivity index (χ4v) is 0.973. The van der Waals surface area contributed by atoms with Gasteiger partial charge in [0.15, 0.2) is 0 Å². The van der Waals surface area contributed by atoms with Crippen LogP contribution in [0.3, 0.4) is 0 Å². The maximum Gasteiger partial charge on any atom is 0.105 e. The predicted octanol–water partition coefficient (Wildman–Crippen LogP) is -0.221. The summed E-state index contributed by atoms with van der Waals surface area (Å²) < 4.78 is 0.701. The largest absolute Gasteiger partial charge is 0.545 e. The van der Waals surface area contributed by atoms with Gasteiger partial charge < -0.3 is 14.4 Å². The van der Waals surface area contributed by atoms with Gasteiger partial charge in [-0.25, -0.2) is 0 Å². The SMILES string of the molecule is C=C(C[N+](C)(CC)CC)C(=O)[O-]. The first-order valence-corrected chi connectivity index (χ1v) is 4.18. The highest BCUT2D eigenvalue weighted by Crippen LogP contribution is 2.05. The number of carbonyl (C=O) groups is 1. The summed E-state index contributed by atoms with van der Waals surface area (Å²) in [6.45, 7) is 9.80. The summed E-state index contributed by atoms with van der Waals surface area (Å²) in [7, 11) is 2.01. The topological polar surface area (TPSA) is 40.1 Å². The van der Waals surface area contributed by atoms with Crippen LogP contribution in [0.2, 0.25) is 0 Å². The number of likely N-dealkylation sites (N-methyl/N-ethyl adjacent to an activating group) is 1. The second kappa shape index (κ2) is 4.26. The summed E-state index contributed by atoms with van der Waals surface area (Å²) in [6.07, 6.45) is 0.